The van der Waals surface area contributed by atoms with Gasteiger partial charge in [-0.1, -0.05) is 35.6 Å². The van der Waals surface area contributed by atoms with Crippen LogP contribution in [-0.2, 0) is 16.0 Å². The number of rotatable bonds is 8. The van der Waals surface area contributed by atoms with Crippen molar-refractivity contribution < 1.29 is 29.6 Å². The molecule has 1 unspecified atom stereocenters. The second-order valence-corrected chi connectivity index (χ2v) is 12.2. The lowest BCUT2D eigenvalue weighted by molar-refractivity contribution is -0.155. The van der Waals surface area contributed by atoms with E-state index in [0.29, 0.717) is 22.5 Å². The van der Waals surface area contributed by atoms with E-state index < -0.39 is 23.5 Å². The van der Waals surface area contributed by atoms with E-state index >= 15 is 0 Å². The highest BCUT2D eigenvalue weighted by atomic mass is 32.1. The number of benzene rings is 2. The van der Waals surface area contributed by atoms with Gasteiger partial charge in [-0.15, -0.1) is 10.2 Å². The van der Waals surface area contributed by atoms with Crippen molar-refractivity contribution in [2.75, 3.05) is 10.6 Å². The third-order valence-corrected chi connectivity index (χ3v) is 6.18. The van der Waals surface area contributed by atoms with Gasteiger partial charge in [-0.3, -0.25) is 15.1 Å². The minimum atomic E-state index is -0.763. The van der Waals surface area contributed by atoms with Gasteiger partial charge < -0.3 is 25.4 Å². The van der Waals surface area contributed by atoms with Crippen LogP contribution >= 0.6 is 11.3 Å². The number of hydrogen-bond acceptors (Lipinski definition) is 10. The first-order valence-corrected chi connectivity index (χ1v) is 13.6. The van der Waals surface area contributed by atoms with Gasteiger partial charge in [-0.25, -0.2) is 4.79 Å². The minimum Gasteiger partial charge on any atom is -0.505 e. The van der Waals surface area contributed by atoms with Crippen molar-refractivity contribution >= 4 is 44.4 Å². The molecule has 4 rings (SSSR count). The van der Waals surface area contributed by atoms with Gasteiger partial charge in [0.1, 0.15) is 28.5 Å². The number of carbonyl (C=O) groups excluding carboxylic acids is 2. The number of ether oxygens (including phenoxy) is 2. The zero-order chi connectivity index (χ0) is 29.1. The van der Waals surface area contributed by atoms with Crippen molar-refractivity contribution in [3.63, 3.8) is 0 Å². The number of anilines is 2. The molecule has 41 heavy (non-hydrogen) atoms. The summed E-state index contributed by atoms with van der Waals surface area (Å²) in [6.07, 6.45) is 1.87. The number of fused-ring (bicyclic) bond motifs is 1. The maximum absolute atomic E-state index is 13.1. The summed E-state index contributed by atoms with van der Waals surface area (Å²) in [6, 6.07) is 13.5. The molecule has 12 heteroatoms. The molecule has 0 fully saturated rings. The number of nitrogens with zero attached hydrogens (tertiary/aromatic N) is 3. The fourth-order valence-electron chi connectivity index (χ4n) is 3.81. The highest BCUT2D eigenvalue weighted by Gasteiger charge is 2.27. The highest BCUT2D eigenvalue weighted by molar-refractivity contribution is 7.19. The fourth-order valence-corrected chi connectivity index (χ4v) is 4.50. The van der Waals surface area contributed by atoms with Crippen molar-refractivity contribution in [1.82, 2.24) is 15.2 Å². The molecule has 2 aromatic heterocycles. The summed E-state index contributed by atoms with van der Waals surface area (Å²) in [7, 11) is 0. The van der Waals surface area contributed by atoms with Crippen LogP contribution in [0.25, 0.3) is 10.9 Å². The lowest BCUT2D eigenvalue weighted by Gasteiger charge is -2.24. The molecule has 4 aromatic rings. The predicted molar refractivity (Wildman–Crippen MR) is 159 cm³/mol. The first-order chi connectivity index (χ1) is 18.8. The monoisotopic (exact) mass is 581 g/mol. The molecule has 0 saturated heterocycles. The fraction of sp³-hybridized carbons (Fsp3) is 0.345. The number of nitrogens with one attached hydrogen (secondary N) is 2. The van der Waals surface area contributed by atoms with Crippen molar-refractivity contribution in [3.05, 3.63) is 65.9 Å². The van der Waals surface area contributed by atoms with Crippen LogP contribution in [0.15, 0.2) is 54.7 Å². The Bertz CT molecular complexity index is 1510. The molecular weight excluding hydrogens is 546 g/mol. The Balaban J connectivity index is 0.00000462. The number of aromatic nitrogens is 3. The number of aromatic hydroxyl groups is 1. The number of esters is 1. The summed E-state index contributed by atoms with van der Waals surface area (Å²) in [5, 5.41) is 25.6. The lowest BCUT2D eigenvalue weighted by Crippen LogP contribution is -2.38. The van der Waals surface area contributed by atoms with E-state index in [1.807, 2.05) is 45.0 Å². The summed E-state index contributed by atoms with van der Waals surface area (Å²) >= 11 is 1.06. The van der Waals surface area contributed by atoms with Crippen LogP contribution in [0.5, 0.6) is 11.5 Å². The Morgan fingerprint density at radius 2 is 1.63 bits per heavy atom. The van der Waals surface area contributed by atoms with Crippen molar-refractivity contribution in [3.8, 4) is 11.5 Å². The van der Waals surface area contributed by atoms with Crippen molar-refractivity contribution in [2.24, 2.45) is 0 Å². The SMILES string of the molecule is CC(C)(C)OC(=O)C(Cc1ccc(OC(C)(C)C)cc1)Nc1nnc(NC(=O)c2ccc3cccnc3c2O)s1.O. The molecule has 218 valence electrons. The van der Waals surface area contributed by atoms with Crippen molar-refractivity contribution in [2.45, 2.75) is 65.2 Å². The molecule has 2 heterocycles. The van der Waals surface area contributed by atoms with Crippen LogP contribution in [-0.4, -0.2) is 54.9 Å². The third-order valence-electron chi connectivity index (χ3n) is 5.41. The molecule has 0 radical (unpaired) electrons. The Labute approximate surface area is 242 Å². The molecule has 2 aromatic carbocycles. The second kappa shape index (κ2) is 12.5. The summed E-state index contributed by atoms with van der Waals surface area (Å²) < 4.78 is 11.5. The standard InChI is InChI=1S/C29H33N5O5S.H2O/c1-28(2,3)38-19-12-9-17(10-13-19)16-21(25(37)39-29(4,5)6)31-26-33-34-27(40-26)32-24(36)20-14-11-18-8-7-15-30-22(18)23(20)35;/h7-15,21,35H,16H2,1-6H3,(H,31,33)(H,32,34,36);1H2. The van der Waals surface area contributed by atoms with Crippen LogP contribution in [0.2, 0.25) is 0 Å². The van der Waals surface area contributed by atoms with Gasteiger partial charge in [0.25, 0.3) is 5.91 Å². The van der Waals surface area contributed by atoms with E-state index in [4.69, 9.17) is 9.47 Å². The average molecular weight is 582 g/mol. The number of pyridine rings is 1. The third kappa shape index (κ3) is 8.60. The number of amides is 1. The quantitative estimate of drug-likeness (QED) is 0.248. The van der Waals surface area contributed by atoms with Gasteiger partial charge >= 0.3 is 5.97 Å². The summed E-state index contributed by atoms with van der Waals surface area (Å²) in [4.78, 5) is 30.1. The topological polar surface area (TPSA) is 167 Å². The second-order valence-electron chi connectivity index (χ2n) is 11.2. The maximum Gasteiger partial charge on any atom is 0.329 e. The summed E-state index contributed by atoms with van der Waals surface area (Å²) in [5.74, 6) is -0.496. The molecule has 0 aliphatic heterocycles. The molecule has 0 aliphatic rings. The van der Waals surface area contributed by atoms with Gasteiger partial charge in [0.15, 0.2) is 5.75 Å². The van der Waals surface area contributed by atoms with E-state index in [1.54, 1.807) is 45.2 Å². The zero-order valence-electron chi connectivity index (χ0n) is 23.8. The number of phenolic OH excluding ortho intramolecular Hbond substituents is 1. The predicted octanol–water partition coefficient (Wildman–Crippen LogP) is 4.76. The molecule has 11 nitrogen and oxygen atoms in total. The van der Waals surface area contributed by atoms with E-state index in [0.717, 1.165) is 22.6 Å². The van der Waals surface area contributed by atoms with Gasteiger partial charge in [0.05, 0.1) is 5.56 Å². The number of carbonyl (C=O) groups is 2. The molecule has 1 atom stereocenters. The highest BCUT2D eigenvalue weighted by Crippen LogP contribution is 2.29. The molecular formula is C29H35N5O6S. The van der Waals surface area contributed by atoms with E-state index in [1.165, 1.54) is 6.07 Å². The van der Waals surface area contributed by atoms with Gasteiger partial charge in [-0.2, -0.15) is 0 Å². The van der Waals surface area contributed by atoms with Gasteiger partial charge in [0.2, 0.25) is 10.3 Å². The van der Waals surface area contributed by atoms with Crippen LogP contribution < -0.4 is 15.4 Å². The number of hydrogen-bond donors (Lipinski definition) is 3. The Hall–Kier alpha value is -4.29. The summed E-state index contributed by atoms with van der Waals surface area (Å²) in [6.45, 7) is 11.3. The molecule has 0 bridgehead atoms. The lowest BCUT2D eigenvalue weighted by atomic mass is 10.1. The zero-order valence-corrected chi connectivity index (χ0v) is 24.6. The first kappa shape index (κ1) is 31.2. The molecule has 0 spiro atoms. The van der Waals surface area contributed by atoms with Crippen LogP contribution in [0.3, 0.4) is 0 Å². The maximum atomic E-state index is 13.1. The first-order valence-electron chi connectivity index (χ1n) is 12.8. The Morgan fingerprint density at radius 3 is 2.29 bits per heavy atom. The van der Waals surface area contributed by atoms with Crippen molar-refractivity contribution in [1.29, 1.82) is 0 Å². The molecule has 0 aliphatic carbocycles. The van der Waals surface area contributed by atoms with E-state index in [-0.39, 0.29) is 27.5 Å². The smallest absolute Gasteiger partial charge is 0.329 e. The number of phenols is 1. The van der Waals surface area contributed by atoms with Gasteiger partial charge in [0, 0.05) is 18.0 Å². The minimum absolute atomic E-state index is 0. The van der Waals surface area contributed by atoms with E-state index in [9.17, 15) is 14.7 Å². The molecule has 0 saturated carbocycles. The summed E-state index contributed by atoms with van der Waals surface area (Å²) in [5.41, 5.74) is 0.271. The van der Waals surface area contributed by atoms with Gasteiger partial charge in [-0.05, 0) is 71.4 Å². The molecule has 5 N–H and O–H groups in total. The Kier molecular flexibility index (Phi) is 9.51. The van der Waals surface area contributed by atoms with Crippen LogP contribution in [0, 0.1) is 0 Å². The van der Waals surface area contributed by atoms with Crippen LogP contribution in [0.4, 0.5) is 10.3 Å². The molecule has 1 amide bonds. The van der Waals surface area contributed by atoms with E-state index in [2.05, 4.69) is 25.8 Å². The largest absolute Gasteiger partial charge is 0.505 e. The normalized spacial score (nSPS) is 12.2. The Morgan fingerprint density at radius 1 is 0.951 bits per heavy atom. The van der Waals surface area contributed by atoms with Crippen LogP contribution in [0.1, 0.15) is 57.5 Å². The average Bonchev–Trinajstić information content (AvgIpc) is 3.29.